The lowest BCUT2D eigenvalue weighted by Crippen LogP contribution is -2.13. The van der Waals surface area contributed by atoms with Gasteiger partial charge in [0.15, 0.2) is 0 Å². The number of rotatable bonds is 6. The number of ether oxygens (including phenoxy) is 1. The van der Waals surface area contributed by atoms with Crippen molar-refractivity contribution in [3.8, 4) is 17.1 Å². The Morgan fingerprint density at radius 3 is 2.76 bits per heavy atom. The van der Waals surface area contributed by atoms with E-state index < -0.39 is 0 Å². The van der Waals surface area contributed by atoms with E-state index in [4.69, 9.17) is 9.26 Å². The van der Waals surface area contributed by atoms with Crippen LogP contribution >= 0.6 is 0 Å². The maximum absolute atomic E-state index is 12.6. The van der Waals surface area contributed by atoms with Crippen LogP contribution in [-0.4, -0.2) is 22.7 Å². The number of aryl methyl sites for hydroxylation is 1. The van der Waals surface area contributed by atoms with Crippen LogP contribution < -0.4 is 10.1 Å². The highest BCUT2D eigenvalue weighted by Gasteiger charge is 2.13. The molecule has 0 saturated heterocycles. The molecule has 1 heterocycles. The number of carbonyl (C=O) groups is 1. The number of aromatic nitrogens is 2. The highest BCUT2D eigenvalue weighted by molar-refractivity contribution is 6.06. The van der Waals surface area contributed by atoms with Gasteiger partial charge in [-0.15, -0.1) is 0 Å². The minimum absolute atomic E-state index is 0.233. The minimum atomic E-state index is -0.233. The first-order valence-electron chi connectivity index (χ1n) is 8.17. The van der Waals surface area contributed by atoms with E-state index in [0.717, 1.165) is 5.56 Å². The molecule has 1 aromatic heterocycles. The van der Waals surface area contributed by atoms with Gasteiger partial charge in [0.2, 0.25) is 11.7 Å². The first-order valence-corrected chi connectivity index (χ1v) is 8.17. The van der Waals surface area contributed by atoms with Crippen LogP contribution in [0.1, 0.15) is 30.1 Å². The van der Waals surface area contributed by atoms with Gasteiger partial charge in [-0.05, 0) is 31.2 Å². The number of para-hydroxylation sites is 1. The van der Waals surface area contributed by atoms with Crippen molar-refractivity contribution in [3.63, 3.8) is 0 Å². The largest absolute Gasteiger partial charge is 0.493 e. The van der Waals surface area contributed by atoms with Crippen molar-refractivity contribution in [1.29, 1.82) is 0 Å². The van der Waals surface area contributed by atoms with Crippen molar-refractivity contribution in [2.75, 3.05) is 11.9 Å². The summed E-state index contributed by atoms with van der Waals surface area (Å²) in [6.07, 6.45) is 0.678. The zero-order valence-electron chi connectivity index (χ0n) is 14.2. The number of carbonyl (C=O) groups excluding carboxylic acids is 1. The van der Waals surface area contributed by atoms with E-state index in [0.29, 0.717) is 41.7 Å². The van der Waals surface area contributed by atoms with Crippen molar-refractivity contribution in [1.82, 2.24) is 10.1 Å². The Bertz CT molecular complexity index is 874. The van der Waals surface area contributed by atoms with E-state index in [9.17, 15) is 4.79 Å². The minimum Gasteiger partial charge on any atom is -0.493 e. The second kappa shape index (κ2) is 7.61. The first-order chi connectivity index (χ1) is 12.2. The summed E-state index contributed by atoms with van der Waals surface area (Å²) in [5.41, 5.74) is 1.92. The normalized spacial score (nSPS) is 10.5. The summed E-state index contributed by atoms with van der Waals surface area (Å²) in [7, 11) is 0. The van der Waals surface area contributed by atoms with Crippen LogP contribution in [0.3, 0.4) is 0 Å². The Balaban J connectivity index is 1.81. The Morgan fingerprint density at radius 1 is 1.16 bits per heavy atom. The van der Waals surface area contributed by atoms with Crippen LogP contribution in [0.15, 0.2) is 53.1 Å². The van der Waals surface area contributed by atoms with Crippen molar-refractivity contribution in [2.45, 2.75) is 20.3 Å². The maximum atomic E-state index is 12.6. The van der Waals surface area contributed by atoms with E-state index >= 15 is 0 Å². The molecule has 0 atom stereocenters. The lowest BCUT2D eigenvalue weighted by atomic mass is 10.1. The van der Waals surface area contributed by atoms with Gasteiger partial charge < -0.3 is 14.6 Å². The zero-order valence-corrected chi connectivity index (χ0v) is 14.2. The molecule has 0 saturated carbocycles. The number of hydrogen-bond donors (Lipinski definition) is 1. The third-order valence-electron chi connectivity index (χ3n) is 3.58. The molecule has 1 amide bonds. The van der Waals surface area contributed by atoms with Gasteiger partial charge in [-0.3, -0.25) is 4.79 Å². The quantitative estimate of drug-likeness (QED) is 0.737. The predicted octanol–water partition coefficient (Wildman–Crippen LogP) is 3.95. The summed E-state index contributed by atoms with van der Waals surface area (Å²) >= 11 is 0. The second-order valence-corrected chi connectivity index (χ2v) is 5.33. The molecule has 2 aromatic carbocycles. The van der Waals surface area contributed by atoms with E-state index in [-0.39, 0.29) is 5.91 Å². The zero-order chi connectivity index (χ0) is 17.6. The molecule has 25 heavy (non-hydrogen) atoms. The van der Waals surface area contributed by atoms with Crippen molar-refractivity contribution >= 4 is 11.6 Å². The van der Waals surface area contributed by atoms with Gasteiger partial charge in [0.1, 0.15) is 5.75 Å². The molecule has 6 heteroatoms. The first kappa shape index (κ1) is 16.7. The number of benzene rings is 2. The van der Waals surface area contributed by atoms with Gasteiger partial charge in [0.25, 0.3) is 5.91 Å². The number of nitrogens with one attached hydrogen (secondary N) is 1. The molecular weight excluding hydrogens is 318 g/mol. The van der Waals surface area contributed by atoms with Gasteiger partial charge in [-0.1, -0.05) is 36.3 Å². The molecule has 1 N–H and O–H groups in total. The fourth-order valence-electron chi connectivity index (χ4n) is 2.39. The van der Waals surface area contributed by atoms with Crippen LogP contribution in [0.4, 0.5) is 5.69 Å². The molecule has 6 nitrogen and oxygen atoms in total. The fourth-order valence-corrected chi connectivity index (χ4v) is 2.39. The van der Waals surface area contributed by atoms with Gasteiger partial charge >= 0.3 is 0 Å². The van der Waals surface area contributed by atoms with E-state index in [1.807, 2.05) is 44.2 Å². The molecule has 0 aliphatic heterocycles. The van der Waals surface area contributed by atoms with Crippen molar-refractivity contribution in [3.05, 3.63) is 60.0 Å². The highest BCUT2D eigenvalue weighted by Crippen LogP contribution is 2.23. The summed E-state index contributed by atoms with van der Waals surface area (Å²) < 4.78 is 10.6. The third-order valence-corrected chi connectivity index (χ3v) is 3.58. The summed E-state index contributed by atoms with van der Waals surface area (Å²) in [6, 6.07) is 14.5. The van der Waals surface area contributed by atoms with Crippen LogP contribution in [0.5, 0.6) is 5.75 Å². The van der Waals surface area contributed by atoms with Crippen LogP contribution in [0, 0.1) is 0 Å². The van der Waals surface area contributed by atoms with E-state index in [1.54, 1.807) is 18.2 Å². The van der Waals surface area contributed by atoms with Gasteiger partial charge in [0, 0.05) is 17.7 Å². The predicted molar refractivity (Wildman–Crippen MR) is 94.7 cm³/mol. The van der Waals surface area contributed by atoms with E-state index in [1.165, 1.54) is 0 Å². The topological polar surface area (TPSA) is 77.2 Å². The molecule has 0 spiro atoms. The summed E-state index contributed by atoms with van der Waals surface area (Å²) in [5.74, 6) is 1.41. The summed E-state index contributed by atoms with van der Waals surface area (Å²) in [5, 5.41) is 6.84. The second-order valence-electron chi connectivity index (χ2n) is 5.33. The molecule has 3 aromatic rings. The Morgan fingerprint density at radius 2 is 2.00 bits per heavy atom. The molecule has 0 aliphatic rings. The average Bonchev–Trinajstić information content (AvgIpc) is 3.12. The lowest BCUT2D eigenvalue weighted by molar-refractivity contribution is 0.102. The number of anilines is 1. The standard InChI is InChI=1S/C19H19N3O3/c1-3-17-21-18(22-25-17)13-8-7-9-14(12-13)20-19(23)15-10-5-6-11-16(15)24-4-2/h5-12H,3-4H2,1-2H3,(H,20,23). The Hall–Kier alpha value is -3.15. The average molecular weight is 337 g/mol. The van der Waals surface area contributed by atoms with Crippen molar-refractivity contribution in [2.24, 2.45) is 0 Å². The molecule has 0 aliphatic carbocycles. The Labute approximate surface area is 145 Å². The van der Waals surface area contributed by atoms with Gasteiger partial charge in [-0.2, -0.15) is 4.98 Å². The monoisotopic (exact) mass is 337 g/mol. The summed E-state index contributed by atoms with van der Waals surface area (Å²) in [4.78, 5) is 16.9. The van der Waals surface area contributed by atoms with Gasteiger partial charge in [0.05, 0.1) is 12.2 Å². The molecule has 128 valence electrons. The number of amides is 1. The van der Waals surface area contributed by atoms with Gasteiger partial charge in [-0.25, -0.2) is 0 Å². The van der Waals surface area contributed by atoms with Crippen molar-refractivity contribution < 1.29 is 14.1 Å². The highest BCUT2D eigenvalue weighted by atomic mass is 16.5. The molecule has 0 bridgehead atoms. The molecule has 0 fully saturated rings. The lowest BCUT2D eigenvalue weighted by Gasteiger charge is -2.10. The van der Waals surface area contributed by atoms with Crippen LogP contribution in [0.25, 0.3) is 11.4 Å². The third kappa shape index (κ3) is 3.85. The molecule has 0 unspecified atom stereocenters. The SMILES string of the molecule is CCOc1ccccc1C(=O)Nc1cccc(-c2noc(CC)n2)c1. The van der Waals surface area contributed by atoms with Crippen LogP contribution in [-0.2, 0) is 6.42 Å². The molecule has 3 rings (SSSR count). The number of nitrogens with zero attached hydrogens (tertiary/aromatic N) is 2. The maximum Gasteiger partial charge on any atom is 0.259 e. The van der Waals surface area contributed by atoms with E-state index in [2.05, 4.69) is 15.5 Å². The van der Waals surface area contributed by atoms with Crippen LogP contribution in [0.2, 0.25) is 0 Å². The number of hydrogen-bond acceptors (Lipinski definition) is 5. The Kier molecular flexibility index (Phi) is 5.09. The fraction of sp³-hybridized carbons (Fsp3) is 0.211. The smallest absolute Gasteiger partial charge is 0.259 e. The molecular formula is C19H19N3O3. The summed E-state index contributed by atoms with van der Waals surface area (Å²) in [6.45, 7) is 4.33. The molecule has 0 radical (unpaired) electrons.